The molecule has 1 aliphatic heterocycles. The third-order valence-corrected chi connectivity index (χ3v) is 6.12. The second-order valence-corrected chi connectivity index (χ2v) is 8.40. The Labute approximate surface area is 158 Å². The van der Waals surface area contributed by atoms with Crippen LogP contribution in [0, 0.1) is 11.3 Å². The van der Waals surface area contributed by atoms with E-state index in [1.54, 1.807) is 12.5 Å². The molecule has 27 heavy (non-hydrogen) atoms. The number of carbonyl (C=O) groups excluding carboxylic acids is 1. The molecule has 0 unspecified atom stereocenters. The summed E-state index contributed by atoms with van der Waals surface area (Å²) in [6.07, 6.45) is 9.75. The molecule has 3 aromatic rings. The maximum atomic E-state index is 12.7. The second kappa shape index (κ2) is 5.96. The van der Waals surface area contributed by atoms with Gasteiger partial charge in [-0.25, -0.2) is 4.98 Å². The molecule has 138 valence electrons. The van der Waals surface area contributed by atoms with Crippen LogP contribution in [-0.2, 0) is 18.3 Å². The number of hydrogen-bond acceptors (Lipinski definition) is 5. The highest BCUT2D eigenvalue weighted by molar-refractivity contribution is 5.86. The third-order valence-electron chi connectivity index (χ3n) is 6.12. The van der Waals surface area contributed by atoms with E-state index in [1.807, 2.05) is 30.1 Å². The molecule has 1 aliphatic carbocycles. The number of pyridine rings is 2. The van der Waals surface area contributed by atoms with Crippen molar-refractivity contribution in [1.29, 1.82) is 0 Å². The fraction of sp³-hybridized carbons (Fsp3) is 0.429. The lowest BCUT2D eigenvalue weighted by molar-refractivity contribution is -0.139. The number of ketones is 1. The molecule has 0 aromatic carbocycles. The van der Waals surface area contributed by atoms with E-state index in [0.29, 0.717) is 17.6 Å². The fourth-order valence-corrected chi connectivity index (χ4v) is 4.84. The SMILES string of the molecule is CN1CC2(CC(C(=O)Cc3cc4cc(-c5cncn5C)cnc4cn3)C2)C1. The van der Waals surface area contributed by atoms with Gasteiger partial charge in [0, 0.05) is 55.3 Å². The molecule has 6 nitrogen and oxygen atoms in total. The van der Waals surface area contributed by atoms with Gasteiger partial charge in [0.1, 0.15) is 5.78 Å². The lowest BCUT2D eigenvalue weighted by atomic mass is 9.56. The maximum Gasteiger partial charge on any atom is 0.141 e. The predicted octanol–water partition coefficient (Wildman–Crippen LogP) is 2.48. The molecule has 4 heterocycles. The number of aryl methyl sites for hydroxylation is 1. The van der Waals surface area contributed by atoms with E-state index in [1.165, 1.54) is 0 Å². The second-order valence-electron chi connectivity index (χ2n) is 8.40. The molecule has 2 aliphatic rings. The van der Waals surface area contributed by atoms with E-state index in [2.05, 4.69) is 33.0 Å². The van der Waals surface area contributed by atoms with Gasteiger partial charge in [-0.3, -0.25) is 14.8 Å². The number of rotatable bonds is 4. The summed E-state index contributed by atoms with van der Waals surface area (Å²) in [4.78, 5) is 28.1. The Morgan fingerprint density at radius 1 is 1.15 bits per heavy atom. The number of Topliss-reactive ketones (excluding diaryl/α,β-unsaturated/α-hetero) is 1. The minimum absolute atomic E-state index is 0.218. The van der Waals surface area contributed by atoms with E-state index in [4.69, 9.17) is 0 Å². The summed E-state index contributed by atoms with van der Waals surface area (Å²) in [6, 6.07) is 4.10. The zero-order chi connectivity index (χ0) is 18.6. The number of fused-ring (bicyclic) bond motifs is 1. The van der Waals surface area contributed by atoms with Gasteiger partial charge in [0.2, 0.25) is 0 Å². The van der Waals surface area contributed by atoms with Crippen LogP contribution in [0.25, 0.3) is 22.2 Å². The molecule has 0 atom stereocenters. The zero-order valence-electron chi connectivity index (χ0n) is 15.7. The Morgan fingerprint density at radius 3 is 2.67 bits per heavy atom. The van der Waals surface area contributed by atoms with Gasteiger partial charge in [-0.05, 0) is 37.4 Å². The molecule has 1 saturated heterocycles. The summed E-state index contributed by atoms with van der Waals surface area (Å²) in [7, 11) is 4.11. The van der Waals surface area contributed by atoms with Gasteiger partial charge in [-0.15, -0.1) is 0 Å². The summed E-state index contributed by atoms with van der Waals surface area (Å²) >= 11 is 0. The van der Waals surface area contributed by atoms with E-state index in [0.717, 1.165) is 53.8 Å². The van der Waals surface area contributed by atoms with Crippen LogP contribution in [0.15, 0.2) is 37.1 Å². The van der Waals surface area contributed by atoms with Gasteiger partial charge < -0.3 is 9.47 Å². The van der Waals surface area contributed by atoms with Crippen molar-refractivity contribution in [2.75, 3.05) is 20.1 Å². The molecule has 0 N–H and O–H groups in total. The Balaban J connectivity index is 1.33. The van der Waals surface area contributed by atoms with Gasteiger partial charge in [-0.2, -0.15) is 0 Å². The normalized spacial score (nSPS) is 19.2. The van der Waals surface area contributed by atoms with Crippen LogP contribution in [0.4, 0.5) is 0 Å². The topological polar surface area (TPSA) is 63.9 Å². The van der Waals surface area contributed by atoms with Crippen LogP contribution in [0.2, 0.25) is 0 Å². The van der Waals surface area contributed by atoms with Crippen LogP contribution < -0.4 is 0 Å². The Hall–Kier alpha value is -2.60. The molecule has 5 rings (SSSR count). The first-order valence-corrected chi connectivity index (χ1v) is 9.44. The van der Waals surface area contributed by atoms with Crippen LogP contribution in [0.3, 0.4) is 0 Å². The summed E-state index contributed by atoms with van der Waals surface area (Å²) in [5.74, 6) is 0.549. The summed E-state index contributed by atoms with van der Waals surface area (Å²) in [5, 5.41) is 1.01. The zero-order valence-corrected chi connectivity index (χ0v) is 15.7. The van der Waals surface area contributed by atoms with E-state index in [9.17, 15) is 4.79 Å². The van der Waals surface area contributed by atoms with Crippen molar-refractivity contribution >= 4 is 16.7 Å². The van der Waals surface area contributed by atoms with Crippen molar-refractivity contribution in [3.8, 4) is 11.3 Å². The highest BCUT2D eigenvalue weighted by Gasteiger charge is 2.52. The van der Waals surface area contributed by atoms with Gasteiger partial charge in [-0.1, -0.05) is 0 Å². The largest absolute Gasteiger partial charge is 0.334 e. The van der Waals surface area contributed by atoms with Crippen molar-refractivity contribution in [2.45, 2.75) is 19.3 Å². The minimum atomic E-state index is 0.218. The number of likely N-dealkylation sites (tertiary alicyclic amines) is 1. The molecule has 0 radical (unpaired) electrons. The Bertz CT molecular complexity index is 1030. The first kappa shape index (κ1) is 16.6. The number of nitrogens with zero attached hydrogens (tertiary/aromatic N) is 5. The maximum absolute atomic E-state index is 12.7. The number of imidazole rings is 1. The number of hydrogen-bond donors (Lipinski definition) is 0. The van der Waals surface area contributed by atoms with Crippen molar-refractivity contribution in [2.24, 2.45) is 18.4 Å². The van der Waals surface area contributed by atoms with Crippen molar-refractivity contribution < 1.29 is 4.79 Å². The van der Waals surface area contributed by atoms with Crippen molar-refractivity contribution in [3.05, 3.63) is 42.7 Å². The molecular weight excluding hydrogens is 338 g/mol. The monoisotopic (exact) mass is 361 g/mol. The van der Waals surface area contributed by atoms with Gasteiger partial charge in [0.05, 0.1) is 29.9 Å². The molecule has 6 heteroatoms. The third kappa shape index (κ3) is 2.84. The van der Waals surface area contributed by atoms with Crippen LogP contribution in [0.1, 0.15) is 18.5 Å². The minimum Gasteiger partial charge on any atom is -0.334 e. The van der Waals surface area contributed by atoms with Crippen molar-refractivity contribution in [3.63, 3.8) is 0 Å². The van der Waals surface area contributed by atoms with E-state index in [-0.39, 0.29) is 5.92 Å². The van der Waals surface area contributed by atoms with Gasteiger partial charge >= 0.3 is 0 Å². The fourth-order valence-electron chi connectivity index (χ4n) is 4.84. The predicted molar refractivity (Wildman–Crippen MR) is 103 cm³/mol. The lowest BCUT2D eigenvalue weighted by Crippen LogP contribution is -2.61. The highest BCUT2D eigenvalue weighted by atomic mass is 16.1. The highest BCUT2D eigenvalue weighted by Crippen LogP contribution is 2.51. The van der Waals surface area contributed by atoms with Crippen LogP contribution in [0.5, 0.6) is 0 Å². The molecule has 3 aromatic heterocycles. The molecule has 0 bridgehead atoms. The summed E-state index contributed by atoms with van der Waals surface area (Å²) in [6.45, 7) is 2.29. The summed E-state index contributed by atoms with van der Waals surface area (Å²) < 4.78 is 1.97. The van der Waals surface area contributed by atoms with Crippen LogP contribution >= 0.6 is 0 Å². The van der Waals surface area contributed by atoms with E-state index >= 15 is 0 Å². The van der Waals surface area contributed by atoms with Gasteiger partial charge in [0.25, 0.3) is 0 Å². The molecular formula is C21H23N5O. The first-order valence-electron chi connectivity index (χ1n) is 9.44. The standard InChI is InChI=1S/C21H23N5O/c1-25-11-21(12-25)6-16(7-21)20(27)5-17-4-14-3-15(8-24-18(14)9-23-17)19-10-22-13-26(19)2/h3-4,8-10,13,16H,5-7,11-12H2,1-2H3. The molecule has 2 fully saturated rings. The molecule has 0 amide bonds. The number of aromatic nitrogens is 4. The Kier molecular flexibility index (Phi) is 3.65. The van der Waals surface area contributed by atoms with E-state index < -0.39 is 0 Å². The smallest absolute Gasteiger partial charge is 0.141 e. The first-order chi connectivity index (χ1) is 13.0. The quantitative estimate of drug-likeness (QED) is 0.714. The van der Waals surface area contributed by atoms with Crippen molar-refractivity contribution in [1.82, 2.24) is 24.4 Å². The lowest BCUT2D eigenvalue weighted by Gasteiger charge is -2.58. The molecule has 1 saturated carbocycles. The Morgan fingerprint density at radius 2 is 1.96 bits per heavy atom. The average molecular weight is 361 g/mol. The number of carbonyl (C=O) groups is 1. The summed E-state index contributed by atoms with van der Waals surface area (Å²) in [5.41, 5.74) is 4.15. The van der Waals surface area contributed by atoms with Gasteiger partial charge in [0.15, 0.2) is 0 Å². The molecule has 1 spiro atoms. The van der Waals surface area contributed by atoms with Crippen LogP contribution in [-0.4, -0.2) is 50.3 Å². The average Bonchev–Trinajstić information content (AvgIpc) is 3.02.